The summed E-state index contributed by atoms with van der Waals surface area (Å²) in [6, 6.07) is 8.03. The topological polar surface area (TPSA) is 107 Å². The number of nitrogens with two attached hydrogens (primary N) is 1. The minimum absolute atomic E-state index is 0.193. The predicted octanol–water partition coefficient (Wildman–Crippen LogP) is 1.33. The van der Waals surface area contributed by atoms with Crippen LogP contribution in [0.2, 0.25) is 0 Å². The molecule has 0 spiro atoms. The van der Waals surface area contributed by atoms with Gasteiger partial charge in [0.1, 0.15) is 5.60 Å². The SMILES string of the molecule is CC(C)(C[C@H](CO)CS(=O)(=O)c1ccccc1)OC(N)=O. The van der Waals surface area contributed by atoms with Crippen molar-refractivity contribution in [3.8, 4) is 0 Å². The monoisotopic (exact) mass is 315 g/mol. The molecular weight excluding hydrogens is 294 g/mol. The first-order valence-corrected chi connectivity index (χ1v) is 8.18. The number of carbonyl (C=O) groups excluding carboxylic acids is 1. The molecule has 0 saturated heterocycles. The molecule has 1 rings (SSSR count). The van der Waals surface area contributed by atoms with Gasteiger partial charge in [-0.3, -0.25) is 0 Å². The van der Waals surface area contributed by atoms with Crippen molar-refractivity contribution < 1.29 is 23.1 Å². The molecule has 0 bridgehead atoms. The van der Waals surface area contributed by atoms with Gasteiger partial charge in [-0.25, -0.2) is 13.2 Å². The van der Waals surface area contributed by atoms with E-state index in [1.807, 2.05) is 0 Å². The number of benzene rings is 1. The van der Waals surface area contributed by atoms with Crippen molar-refractivity contribution in [1.82, 2.24) is 0 Å². The van der Waals surface area contributed by atoms with E-state index in [1.54, 1.807) is 32.0 Å². The summed E-state index contributed by atoms with van der Waals surface area (Å²) in [7, 11) is -3.50. The molecular formula is C14H21NO5S. The highest BCUT2D eigenvalue weighted by Gasteiger charge is 2.29. The summed E-state index contributed by atoms with van der Waals surface area (Å²) >= 11 is 0. The summed E-state index contributed by atoms with van der Waals surface area (Å²) in [5, 5.41) is 9.40. The van der Waals surface area contributed by atoms with Crippen molar-refractivity contribution >= 4 is 15.9 Å². The van der Waals surface area contributed by atoms with E-state index in [9.17, 15) is 18.3 Å². The predicted molar refractivity (Wildman–Crippen MR) is 78.4 cm³/mol. The number of sulfone groups is 1. The highest BCUT2D eigenvalue weighted by atomic mass is 32.2. The van der Waals surface area contributed by atoms with Gasteiger partial charge in [-0.2, -0.15) is 0 Å². The molecule has 21 heavy (non-hydrogen) atoms. The van der Waals surface area contributed by atoms with Gasteiger partial charge in [0.05, 0.1) is 10.6 Å². The van der Waals surface area contributed by atoms with Gasteiger partial charge in [-0.05, 0) is 32.4 Å². The fourth-order valence-corrected chi connectivity index (χ4v) is 3.83. The Morgan fingerprint density at radius 3 is 2.38 bits per heavy atom. The molecule has 3 N–H and O–H groups in total. The number of primary amides is 1. The maximum atomic E-state index is 12.3. The van der Waals surface area contributed by atoms with E-state index in [2.05, 4.69) is 0 Å². The molecule has 0 radical (unpaired) electrons. The van der Waals surface area contributed by atoms with Crippen molar-refractivity contribution in [1.29, 1.82) is 0 Å². The molecule has 0 saturated carbocycles. The van der Waals surface area contributed by atoms with Crippen molar-refractivity contribution in [3.05, 3.63) is 30.3 Å². The zero-order valence-corrected chi connectivity index (χ0v) is 13.0. The number of amides is 1. The molecule has 0 aliphatic heterocycles. The Bertz CT molecular complexity index is 568. The van der Waals surface area contributed by atoms with Crippen LogP contribution >= 0.6 is 0 Å². The Labute approximate surface area is 124 Å². The van der Waals surface area contributed by atoms with Gasteiger partial charge in [0.2, 0.25) is 0 Å². The second kappa shape index (κ2) is 6.91. The lowest BCUT2D eigenvalue weighted by molar-refractivity contribution is 0.0217. The largest absolute Gasteiger partial charge is 0.444 e. The van der Waals surface area contributed by atoms with Crippen LogP contribution in [0, 0.1) is 5.92 Å². The molecule has 0 aliphatic rings. The van der Waals surface area contributed by atoms with Crippen LogP contribution < -0.4 is 5.73 Å². The second-order valence-electron chi connectivity index (χ2n) is 5.53. The molecule has 1 aromatic carbocycles. The summed E-state index contributed by atoms with van der Waals surface area (Å²) in [6.45, 7) is 2.92. The third-order valence-corrected chi connectivity index (χ3v) is 4.87. The number of aliphatic hydroxyl groups excluding tert-OH is 1. The number of ether oxygens (including phenoxy) is 1. The molecule has 7 heteroatoms. The van der Waals surface area contributed by atoms with E-state index in [4.69, 9.17) is 10.5 Å². The average molecular weight is 315 g/mol. The van der Waals surface area contributed by atoms with Crippen molar-refractivity contribution in [2.24, 2.45) is 11.7 Å². The highest BCUT2D eigenvalue weighted by molar-refractivity contribution is 7.91. The molecule has 0 aromatic heterocycles. The Balaban J connectivity index is 2.81. The van der Waals surface area contributed by atoms with Crippen molar-refractivity contribution in [2.75, 3.05) is 12.4 Å². The van der Waals surface area contributed by atoms with Gasteiger partial charge in [0, 0.05) is 12.5 Å². The second-order valence-corrected chi connectivity index (χ2v) is 7.56. The van der Waals surface area contributed by atoms with Crippen LogP contribution in [-0.4, -0.2) is 37.6 Å². The zero-order valence-electron chi connectivity index (χ0n) is 12.2. The summed E-state index contributed by atoms with van der Waals surface area (Å²) in [5.41, 5.74) is 4.03. The van der Waals surface area contributed by atoms with Gasteiger partial charge in [0.15, 0.2) is 9.84 Å². The fraction of sp³-hybridized carbons (Fsp3) is 0.500. The molecule has 0 heterocycles. The lowest BCUT2D eigenvalue weighted by Gasteiger charge is -2.28. The Morgan fingerprint density at radius 2 is 1.90 bits per heavy atom. The summed E-state index contributed by atoms with van der Waals surface area (Å²) in [6.07, 6.45) is -0.735. The molecule has 1 atom stereocenters. The molecule has 1 aromatic rings. The van der Waals surface area contributed by atoms with Gasteiger partial charge in [0.25, 0.3) is 0 Å². The van der Waals surface area contributed by atoms with Crippen LogP contribution in [0.3, 0.4) is 0 Å². The summed E-state index contributed by atoms with van der Waals surface area (Å²) in [5.74, 6) is -0.774. The van der Waals surface area contributed by atoms with Crippen LogP contribution in [0.4, 0.5) is 4.79 Å². The first kappa shape index (κ1) is 17.5. The van der Waals surface area contributed by atoms with Crippen LogP contribution in [-0.2, 0) is 14.6 Å². The highest BCUT2D eigenvalue weighted by Crippen LogP contribution is 2.23. The lowest BCUT2D eigenvalue weighted by Crippen LogP contribution is -2.35. The van der Waals surface area contributed by atoms with E-state index in [-0.39, 0.29) is 23.7 Å². The smallest absolute Gasteiger partial charge is 0.405 e. The van der Waals surface area contributed by atoms with Gasteiger partial charge in [-0.1, -0.05) is 18.2 Å². The molecule has 0 unspecified atom stereocenters. The van der Waals surface area contributed by atoms with E-state index in [0.717, 1.165) is 0 Å². The third kappa shape index (κ3) is 5.73. The van der Waals surface area contributed by atoms with Crippen molar-refractivity contribution in [2.45, 2.75) is 30.8 Å². The average Bonchev–Trinajstić information content (AvgIpc) is 2.36. The third-order valence-electron chi connectivity index (χ3n) is 2.97. The Kier molecular flexibility index (Phi) is 5.74. The molecule has 1 amide bonds. The van der Waals surface area contributed by atoms with Gasteiger partial charge in [-0.15, -0.1) is 0 Å². The number of hydrogen-bond acceptors (Lipinski definition) is 5. The Morgan fingerprint density at radius 1 is 1.33 bits per heavy atom. The normalized spacial score (nSPS) is 13.7. The maximum absolute atomic E-state index is 12.3. The molecule has 6 nitrogen and oxygen atoms in total. The Hall–Kier alpha value is -1.60. The van der Waals surface area contributed by atoms with Crippen LogP contribution in [0.25, 0.3) is 0 Å². The van der Waals surface area contributed by atoms with E-state index in [0.29, 0.717) is 0 Å². The van der Waals surface area contributed by atoms with E-state index >= 15 is 0 Å². The molecule has 0 aliphatic carbocycles. The summed E-state index contributed by atoms with van der Waals surface area (Å²) in [4.78, 5) is 11.0. The standard InChI is InChI=1S/C14H21NO5S/c1-14(2,20-13(15)17)8-11(9-16)10-21(18,19)12-6-4-3-5-7-12/h3-7,11,16H,8-10H2,1-2H3,(H2,15,17)/t11-/m1/s1. The zero-order chi connectivity index (χ0) is 16.1. The van der Waals surface area contributed by atoms with Gasteiger partial charge < -0.3 is 15.6 Å². The molecule has 0 fully saturated rings. The number of aliphatic hydroxyl groups is 1. The first-order chi connectivity index (χ1) is 9.66. The van der Waals surface area contributed by atoms with E-state index < -0.39 is 27.4 Å². The fourth-order valence-electron chi connectivity index (χ4n) is 2.22. The maximum Gasteiger partial charge on any atom is 0.405 e. The first-order valence-electron chi connectivity index (χ1n) is 6.53. The van der Waals surface area contributed by atoms with Crippen LogP contribution in [0.5, 0.6) is 0 Å². The quantitative estimate of drug-likeness (QED) is 0.789. The molecule has 118 valence electrons. The minimum Gasteiger partial charge on any atom is -0.444 e. The minimum atomic E-state index is -3.50. The number of hydrogen-bond donors (Lipinski definition) is 2. The summed E-state index contributed by atoms with van der Waals surface area (Å²) < 4.78 is 29.5. The van der Waals surface area contributed by atoms with Crippen LogP contribution in [0.1, 0.15) is 20.3 Å². The number of carbonyl (C=O) groups is 1. The van der Waals surface area contributed by atoms with Gasteiger partial charge >= 0.3 is 6.09 Å². The van der Waals surface area contributed by atoms with E-state index in [1.165, 1.54) is 12.1 Å². The van der Waals surface area contributed by atoms with Crippen molar-refractivity contribution in [3.63, 3.8) is 0 Å². The number of rotatable bonds is 7. The lowest BCUT2D eigenvalue weighted by atomic mass is 9.95. The van der Waals surface area contributed by atoms with Crippen LogP contribution in [0.15, 0.2) is 35.2 Å².